The molecular formula is C31H46O3. The Bertz CT molecular complexity index is 775. The molecule has 1 unspecified atom stereocenters. The van der Waals surface area contributed by atoms with E-state index < -0.39 is 0 Å². The standard InChI is InChI=1S/C31H46O3/c1-4-6-7-10-13-26-23-33-31(34-24-26)29-16-14-27(15-17-29)28-18-20-30(21-19-28)32-22-11-8-9-12-25(3)5-2/h14-21,25-26,31H,4-13,22-24H2,1-3H3. The quantitative estimate of drug-likeness (QED) is 0.245. The molecule has 1 atom stereocenters. The highest BCUT2D eigenvalue weighted by Crippen LogP contribution is 2.30. The van der Waals surface area contributed by atoms with Gasteiger partial charge in [0, 0.05) is 11.5 Å². The summed E-state index contributed by atoms with van der Waals surface area (Å²) in [5.74, 6) is 2.34. The summed E-state index contributed by atoms with van der Waals surface area (Å²) in [6, 6.07) is 17.0. The first-order chi connectivity index (χ1) is 16.7. The molecule has 0 spiro atoms. The van der Waals surface area contributed by atoms with Gasteiger partial charge in [-0.3, -0.25) is 0 Å². The van der Waals surface area contributed by atoms with Crippen molar-refractivity contribution >= 4 is 0 Å². The van der Waals surface area contributed by atoms with Crippen LogP contribution >= 0.6 is 0 Å². The second-order valence-electron chi connectivity index (χ2n) is 10.1. The van der Waals surface area contributed by atoms with Gasteiger partial charge in [-0.1, -0.05) is 109 Å². The molecule has 0 radical (unpaired) electrons. The molecule has 2 aromatic rings. The van der Waals surface area contributed by atoms with Crippen molar-refractivity contribution in [3.05, 3.63) is 54.1 Å². The molecule has 0 saturated carbocycles. The normalized spacial score (nSPS) is 19.1. The summed E-state index contributed by atoms with van der Waals surface area (Å²) in [5.41, 5.74) is 3.50. The fourth-order valence-corrected chi connectivity index (χ4v) is 4.50. The minimum atomic E-state index is -0.234. The molecule has 1 saturated heterocycles. The van der Waals surface area contributed by atoms with Crippen molar-refractivity contribution in [2.45, 2.75) is 91.3 Å². The minimum absolute atomic E-state index is 0.234. The van der Waals surface area contributed by atoms with Crippen LogP contribution in [0.1, 0.15) is 96.8 Å². The summed E-state index contributed by atoms with van der Waals surface area (Å²) in [7, 11) is 0. The monoisotopic (exact) mass is 466 g/mol. The number of rotatable bonds is 15. The van der Waals surface area contributed by atoms with Crippen LogP contribution in [0.4, 0.5) is 0 Å². The topological polar surface area (TPSA) is 27.7 Å². The maximum atomic E-state index is 6.04. The lowest BCUT2D eigenvalue weighted by Crippen LogP contribution is -2.27. The lowest BCUT2D eigenvalue weighted by atomic mass is 10.0. The number of hydrogen-bond donors (Lipinski definition) is 0. The van der Waals surface area contributed by atoms with Crippen LogP contribution in [0.2, 0.25) is 0 Å². The average molecular weight is 467 g/mol. The highest BCUT2D eigenvalue weighted by atomic mass is 16.7. The minimum Gasteiger partial charge on any atom is -0.494 e. The molecule has 3 nitrogen and oxygen atoms in total. The highest BCUT2D eigenvalue weighted by molar-refractivity contribution is 5.64. The molecule has 188 valence electrons. The molecule has 1 aliphatic heterocycles. The third kappa shape index (κ3) is 9.07. The van der Waals surface area contributed by atoms with E-state index in [4.69, 9.17) is 14.2 Å². The highest BCUT2D eigenvalue weighted by Gasteiger charge is 2.23. The lowest BCUT2D eigenvalue weighted by Gasteiger charge is -2.29. The molecule has 1 fully saturated rings. The summed E-state index contributed by atoms with van der Waals surface area (Å²) < 4.78 is 18.0. The fourth-order valence-electron chi connectivity index (χ4n) is 4.50. The fraction of sp³-hybridized carbons (Fsp3) is 0.613. The largest absolute Gasteiger partial charge is 0.494 e. The summed E-state index contributed by atoms with van der Waals surface area (Å²) in [6.07, 6.45) is 12.5. The summed E-state index contributed by atoms with van der Waals surface area (Å²) in [4.78, 5) is 0. The van der Waals surface area contributed by atoms with Crippen molar-refractivity contribution in [2.75, 3.05) is 19.8 Å². The van der Waals surface area contributed by atoms with E-state index in [0.29, 0.717) is 5.92 Å². The molecule has 0 amide bonds. The van der Waals surface area contributed by atoms with E-state index in [1.54, 1.807) is 0 Å². The third-order valence-corrected chi connectivity index (χ3v) is 7.11. The zero-order valence-electron chi connectivity index (χ0n) is 21.8. The number of benzene rings is 2. The first-order valence-electron chi connectivity index (χ1n) is 13.8. The Balaban J connectivity index is 1.38. The van der Waals surface area contributed by atoms with Crippen LogP contribution in [-0.4, -0.2) is 19.8 Å². The van der Waals surface area contributed by atoms with E-state index in [1.807, 2.05) is 0 Å². The number of hydrogen-bond acceptors (Lipinski definition) is 3. The molecule has 0 aromatic heterocycles. The van der Waals surface area contributed by atoms with Crippen LogP contribution in [0.25, 0.3) is 11.1 Å². The molecule has 0 bridgehead atoms. The molecule has 2 aromatic carbocycles. The SMILES string of the molecule is CCCCCCC1COC(c2ccc(-c3ccc(OCCCCCC(C)CC)cc3)cc2)OC1. The lowest BCUT2D eigenvalue weighted by molar-refractivity contribution is -0.206. The summed E-state index contributed by atoms with van der Waals surface area (Å²) in [6.45, 7) is 9.28. The first kappa shape index (κ1) is 26.8. The molecular weight excluding hydrogens is 420 g/mol. The second kappa shape index (κ2) is 15.2. The van der Waals surface area contributed by atoms with Crippen molar-refractivity contribution in [2.24, 2.45) is 11.8 Å². The van der Waals surface area contributed by atoms with Gasteiger partial charge in [0.2, 0.25) is 0 Å². The zero-order valence-corrected chi connectivity index (χ0v) is 21.8. The molecule has 0 aliphatic carbocycles. The molecule has 3 rings (SSSR count). The summed E-state index contributed by atoms with van der Waals surface area (Å²) >= 11 is 0. The van der Waals surface area contributed by atoms with E-state index in [2.05, 4.69) is 69.3 Å². The molecule has 1 aliphatic rings. The van der Waals surface area contributed by atoms with Crippen molar-refractivity contribution in [1.82, 2.24) is 0 Å². The maximum absolute atomic E-state index is 6.04. The number of unbranched alkanes of at least 4 members (excludes halogenated alkanes) is 5. The van der Waals surface area contributed by atoms with Crippen LogP contribution in [0.15, 0.2) is 48.5 Å². The maximum Gasteiger partial charge on any atom is 0.183 e. The predicted molar refractivity (Wildman–Crippen MR) is 142 cm³/mol. The van der Waals surface area contributed by atoms with E-state index in [0.717, 1.165) is 43.5 Å². The average Bonchev–Trinajstić information content (AvgIpc) is 2.89. The van der Waals surface area contributed by atoms with Gasteiger partial charge >= 0.3 is 0 Å². The number of ether oxygens (including phenoxy) is 3. The smallest absolute Gasteiger partial charge is 0.183 e. The van der Waals surface area contributed by atoms with Gasteiger partial charge in [-0.05, 0) is 42.0 Å². The Morgan fingerprint density at radius 1 is 0.794 bits per heavy atom. The van der Waals surface area contributed by atoms with Crippen LogP contribution in [0.3, 0.4) is 0 Å². The van der Waals surface area contributed by atoms with Crippen molar-refractivity contribution < 1.29 is 14.2 Å². The summed E-state index contributed by atoms with van der Waals surface area (Å²) in [5, 5.41) is 0. The van der Waals surface area contributed by atoms with Gasteiger partial charge in [-0.25, -0.2) is 0 Å². The van der Waals surface area contributed by atoms with Gasteiger partial charge in [0.15, 0.2) is 6.29 Å². The van der Waals surface area contributed by atoms with Crippen molar-refractivity contribution in [3.63, 3.8) is 0 Å². The van der Waals surface area contributed by atoms with Crippen molar-refractivity contribution in [1.29, 1.82) is 0 Å². The Hall–Kier alpha value is -1.84. The van der Waals surface area contributed by atoms with E-state index >= 15 is 0 Å². The van der Waals surface area contributed by atoms with Crippen LogP contribution in [0, 0.1) is 11.8 Å². The first-order valence-corrected chi connectivity index (χ1v) is 13.8. The van der Waals surface area contributed by atoms with Gasteiger partial charge < -0.3 is 14.2 Å². The second-order valence-corrected chi connectivity index (χ2v) is 10.1. The van der Waals surface area contributed by atoms with Gasteiger partial charge in [0.05, 0.1) is 19.8 Å². The van der Waals surface area contributed by atoms with Gasteiger partial charge in [-0.2, -0.15) is 0 Å². The Morgan fingerprint density at radius 3 is 2.09 bits per heavy atom. The van der Waals surface area contributed by atoms with Crippen LogP contribution in [0.5, 0.6) is 5.75 Å². The van der Waals surface area contributed by atoms with Gasteiger partial charge in [-0.15, -0.1) is 0 Å². The molecule has 1 heterocycles. The van der Waals surface area contributed by atoms with Crippen LogP contribution in [-0.2, 0) is 9.47 Å². The Morgan fingerprint density at radius 2 is 1.44 bits per heavy atom. The van der Waals surface area contributed by atoms with Crippen LogP contribution < -0.4 is 4.74 Å². The van der Waals surface area contributed by atoms with E-state index in [1.165, 1.54) is 68.9 Å². The van der Waals surface area contributed by atoms with E-state index in [9.17, 15) is 0 Å². The Kier molecular flexibility index (Phi) is 12.0. The van der Waals surface area contributed by atoms with Gasteiger partial charge in [0.25, 0.3) is 0 Å². The zero-order chi connectivity index (χ0) is 24.0. The third-order valence-electron chi connectivity index (χ3n) is 7.11. The van der Waals surface area contributed by atoms with E-state index in [-0.39, 0.29) is 6.29 Å². The molecule has 3 heteroatoms. The predicted octanol–water partition coefficient (Wildman–Crippen LogP) is 8.97. The molecule has 34 heavy (non-hydrogen) atoms. The van der Waals surface area contributed by atoms with Gasteiger partial charge in [0.1, 0.15) is 5.75 Å². The Labute approximate surface area is 208 Å². The van der Waals surface area contributed by atoms with Crippen molar-refractivity contribution in [3.8, 4) is 16.9 Å². The molecule has 0 N–H and O–H groups in total.